The highest BCUT2D eigenvalue weighted by Gasteiger charge is 2.38. The lowest BCUT2D eigenvalue weighted by Gasteiger charge is -2.28. The third-order valence-corrected chi connectivity index (χ3v) is 4.99. The maximum Gasteiger partial charge on any atom is 0.338 e. The predicted octanol–water partition coefficient (Wildman–Crippen LogP) is 4.04. The Balaban J connectivity index is 2.23. The summed E-state index contributed by atoms with van der Waals surface area (Å²) in [5.41, 5.74) is 9.10. The Morgan fingerprint density at radius 3 is 2.33 bits per heavy atom. The molecule has 1 atom stereocenters. The maximum atomic E-state index is 13.0. The van der Waals surface area contributed by atoms with Crippen molar-refractivity contribution in [2.75, 3.05) is 13.7 Å². The number of methoxy groups -OCH3 is 1. The van der Waals surface area contributed by atoms with Gasteiger partial charge in [0.25, 0.3) is 0 Å². The first-order valence-corrected chi connectivity index (χ1v) is 9.76. The first-order valence-electron chi connectivity index (χ1n) is 9.76. The smallest absolute Gasteiger partial charge is 0.338 e. The Labute approximate surface area is 176 Å². The van der Waals surface area contributed by atoms with Crippen LogP contribution in [0.2, 0.25) is 0 Å². The van der Waals surface area contributed by atoms with Gasteiger partial charge in [0.2, 0.25) is 5.88 Å². The van der Waals surface area contributed by atoms with Crippen LogP contribution in [-0.4, -0.2) is 19.7 Å². The molecule has 0 spiro atoms. The molecule has 0 saturated carbocycles. The average Bonchev–Trinajstić information content (AvgIpc) is 2.78. The van der Waals surface area contributed by atoms with Crippen LogP contribution < -0.4 is 10.5 Å². The van der Waals surface area contributed by atoms with E-state index in [-0.39, 0.29) is 29.4 Å². The molecule has 0 amide bonds. The van der Waals surface area contributed by atoms with E-state index >= 15 is 0 Å². The van der Waals surface area contributed by atoms with Gasteiger partial charge in [-0.05, 0) is 48.7 Å². The number of hydrogen-bond acceptors (Lipinski definition) is 6. The van der Waals surface area contributed by atoms with Crippen molar-refractivity contribution in [1.29, 1.82) is 5.26 Å². The van der Waals surface area contributed by atoms with Crippen molar-refractivity contribution >= 4 is 11.7 Å². The second-order valence-corrected chi connectivity index (χ2v) is 6.71. The lowest BCUT2D eigenvalue weighted by atomic mass is 9.81. The summed E-state index contributed by atoms with van der Waals surface area (Å²) in [6.07, 6.45) is 0.884. The number of benzene rings is 2. The van der Waals surface area contributed by atoms with Crippen LogP contribution in [0.15, 0.2) is 65.6 Å². The number of aryl methyl sites for hydroxylation is 1. The van der Waals surface area contributed by atoms with Crippen molar-refractivity contribution in [2.24, 2.45) is 5.73 Å². The van der Waals surface area contributed by atoms with Gasteiger partial charge in [-0.1, -0.05) is 31.2 Å². The SMILES string of the molecule is CCOC(=O)C1=C(c2ccc(OC)cc2)OC(N)=C(C#N)C1c1ccc(CC)cc1. The summed E-state index contributed by atoms with van der Waals surface area (Å²) in [6.45, 7) is 3.99. The van der Waals surface area contributed by atoms with Crippen LogP contribution >= 0.6 is 0 Å². The molecular formula is C24H24N2O4. The van der Waals surface area contributed by atoms with Gasteiger partial charge in [-0.25, -0.2) is 4.79 Å². The summed E-state index contributed by atoms with van der Waals surface area (Å²) in [5.74, 6) is -0.321. The van der Waals surface area contributed by atoms with Crippen LogP contribution in [0, 0.1) is 11.3 Å². The largest absolute Gasteiger partial charge is 0.497 e. The molecule has 2 N–H and O–H groups in total. The minimum absolute atomic E-state index is 0.0269. The Morgan fingerprint density at radius 2 is 1.80 bits per heavy atom. The number of carbonyl (C=O) groups excluding carboxylic acids is 1. The van der Waals surface area contributed by atoms with Gasteiger partial charge in [0.1, 0.15) is 23.2 Å². The molecule has 1 heterocycles. The minimum atomic E-state index is -0.689. The molecule has 0 aromatic heterocycles. The summed E-state index contributed by atoms with van der Waals surface area (Å²) in [7, 11) is 1.57. The monoisotopic (exact) mass is 404 g/mol. The van der Waals surface area contributed by atoms with E-state index in [2.05, 4.69) is 13.0 Å². The third kappa shape index (κ3) is 4.01. The minimum Gasteiger partial charge on any atom is -0.497 e. The van der Waals surface area contributed by atoms with Crippen LogP contribution in [0.5, 0.6) is 5.75 Å². The summed E-state index contributed by atoms with van der Waals surface area (Å²) >= 11 is 0. The van der Waals surface area contributed by atoms with E-state index < -0.39 is 11.9 Å². The molecule has 0 aliphatic carbocycles. The molecule has 0 radical (unpaired) electrons. The van der Waals surface area contributed by atoms with E-state index in [1.54, 1.807) is 38.3 Å². The van der Waals surface area contributed by atoms with Crippen molar-refractivity contribution in [3.05, 3.63) is 82.3 Å². The number of nitriles is 1. The molecule has 2 aromatic carbocycles. The number of allylic oxidation sites excluding steroid dienone is 1. The number of hydrogen-bond donors (Lipinski definition) is 1. The van der Waals surface area contributed by atoms with Crippen LogP contribution in [0.3, 0.4) is 0 Å². The Hall–Kier alpha value is -3.72. The highest BCUT2D eigenvalue weighted by molar-refractivity contribution is 5.99. The zero-order valence-corrected chi connectivity index (χ0v) is 17.3. The molecule has 1 aliphatic heterocycles. The Bertz CT molecular complexity index is 1030. The van der Waals surface area contributed by atoms with E-state index in [1.165, 1.54) is 0 Å². The summed E-state index contributed by atoms with van der Waals surface area (Å²) < 4.78 is 16.3. The van der Waals surface area contributed by atoms with Gasteiger partial charge in [-0.15, -0.1) is 0 Å². The van der Waals surface area contributed by atoms with Gasteiger partial charge >= 0.3 is 5.97 Å². The summed E-state index contributed by atoms with van der Waals surface area (Å²) in [4.78, 5) is 13.0. The molecule has 0 fully saturated rings. The fourth-order valence-corrected chi connectivity index (χ4v) is 3.41. The van der Waals surface area contributed by atoms with Crippen molar-refractivity contribution in [2.45, 2.75) is 26.2 Å². The van der Waals surface area contributed by atoms with Crippen LogP contribution in [0.1, 0.15) is 36.5 Å². The fourth-order valence-electron chi connectivity index (χ4n) is 3.41. The zero-order chi connectivity index (χ0) is 21.7. The Kier molecular flexibility index (Phi) is 6.43. The zero-order valence-electron chi connectivity index (χ0n) is 17.3. The lowest BCUT2D eigenvalue weighted by Crippen LogP contribution is -2.25. The fraction of sp³-hybridized carbons (Fsp3) is 0.250. The number of nitrogens with zero attached hydrogens (tertiary/aromatic N) is 1. The van der Waals surface area contributed by atoms with Gasteiger partial charge in [0.15, 0.2) is 0 Å². The quantitative estimate of drug-likeness (QED) is 0.730. The Morgan fingerprint density at radius 1 is 1.13 bits per heavy atom. The average molecular weight is 404 g/mol. The highest BCUT2D eigenvalue weighted by atomic mass is 16.5. The van der Waals surface area contributed by atoms with Crippen molar-refractivity contribution in [1.82, 2.24) is 0 Å². The van der Waals surface area contributed by atoms with Crippen molar-refractivity contribution in [3.63, 3.8) is 0 Å². The van der Waals surface area contributed by atoms with E-state index in [1.807, 2.05) is 24.3 Å². The van der Waals surface area contributed by atoms with Gasteiger partial charge in [-0.3, -0.25) is 0 Å². The normalized spacial score (nSPS) is 16.0. The number of esters is 1. The molecule has 30 heavy (non-hydrogen) atoms. The lowest BCUT2D eigenvalue weighted by molar-refractivity contribution is -0.138. The number of ether oxygens (including phenoxy) is 3. The molecule has 0 saturated heterocycles. The molecule has 2 aromatic rings. The second-order valence-electron chi connectivity index (χ2n) is 6.71. The standard InChI is InChI=1S/C24H24N2O4/c1-4-15-6-8-16(9-7-15)20-19(14-25)23(26)30-22(21(20)24(27)29-5-2)17-10-12-18(28-3)13-11-17/h6-13,20H,4-5,26H2,1-3H3. The topological polar surface area (TPSA) is 94.6 Å². The number of rotatable bonds is 6. The highest BCUT2D eigenvalue weighted by Crippen LogP contribution is 2.43. The first kappa shape index (κ1) is 21.0. The molecule has 6 heteroatoms. The van der Waals surface area contributed by atoms with Gasteiger partial charge in [-0.2, -0.15) is 5.26 Å². The molecule has 3 rings (SSSR count). The molecule has 0 bridgehead atoms. The molecular weight excluding hydrogens is 380 g/mol. The third-order valence-electron chi connectivity index (χ3n) is 4.99. The van der Waals surface area contributed by atoms with Crippen LogP contribution in [-0.2, 0) is 20.7 Å². The van der Waals surface area contributed by atoms with Gasteiger partial charge in [0.05, 0.1) is 25.2 Å². The maximum absolute atomic E-state index is 13.0. The molecule has 1 aliphatic rings. The number of nitrogens with two attached hydrogens (primary N) is 1. The summed E-state index contributed by atoms with van der Waals surface area (Å²) in [6, 6.07) is 17.0. The first-order chi connectivity index (χ1) is 14.5. The van der Waals surface area contributed by atoms with Gasteiger partial charge in [0, 0.05) is 5.56 Å². The van der Waals surface area contributed by atoms with Crippen LogP contribution in [0.25, 0.3) is 5.76 Å². The van der Waals surface area contributed by atoms with Gasteiger partial charge < -0.3 is 19.9 Å². The summed E-state index contributed by atoms with van der Waals surface area (Å²) in [5, 5.41) is 9.79. The van der Waals surface area contributed by atoms with E-state index in [0.717, 1.165) is 17.5 Å². The van der Waals surface area contributed by atoms with E-state index in [4.69, 9.17) is 19.9 Å². The number of carbonyl (C=O) groups is 1. The predicted molar refractivity (Wildman–Crippen MR) is 113 cm³/mol. The van der Waals surface area contributed by atoms with E-state index in [0.29, 0.717) is 11.3 Å². The second kappa shape index (κ2) is 9.19. The molecule has 6 nitrogen and oxygen atoms in total. The molecule has 1 unspecified atom stereocenters. The van der Waals surface area contributed by atoms with Crippen LogP contribution in [0.4, 0.5) is 0 Å². The van der Waals surface area contributed by atoms with E-state index in [9.17, 15) is 10.1 Å². The van der Waals surface area contributed by atoms with Crippen molar-refractivity contribution < 1.29 is 19.0 Å². The molecule has 154 valence electrons. The van der Waals surface area contributed by atoms with Crippen molar-refractivity contribution in [3.8, 4) is 11.8 Å².